The Bertz CT molecular complexity index is 915. The number of nitrogens with zero attached hydrogens (tertiary/aromatic N) is 2. The second kappa shape index (κ2) is 8.49. The van der Waals surface area contributed by atoms with Crippen LogP contribution in [0.1, 0.15) is 42.9 Å². The quantitative estimate of drug-likeness (QED) is 0.591. The van der Waals surface area contributed by atoms with E-state index in [9.17, 15) is 19.2 Å². The lowest BCUT2D eigenvalue weighted by Crippen LogP contribution is -2.44. The summed E-state index contributed by atoms with van der Waals surface area (Å²) in [7, 11) is 0. The van der Waals surface area contributed by atoms with E-state index in [2.05, 4.69) is 5.32 Å². The molecule has 1 aliphatic carbocycles. The first-order chi connectivity index (χ1) is 14.6. The number of carbonyl (C=O) groups excluding carboxylic acids is 4. The molecule has 0 bridgehead atoms. The maximum Gasteiger partial charge on any atom is 0.334 e. The molecule has 1 saturated heterocycles. The van der Waals surface area contributed by atoms with Crippen LogP contribution >= 0.6 is 0 Å². The van der Waals surface area contributed by atoms with Gasteiger partial charge in [-0.3, -0.25) is 19.3 Å². The highest BCUT2D eigenvalue weighted by atomic mass is 16.2. The van der Waals surface area contributed by atoms with E-state index in [-0.39, 0.29) is 6.04 Å². The summed E-state index contributed by atoms with van der Waals surface area (Å²) in [6.45, 7) is -0.483. The van der Waals surface area contributed by atoms with Crippen molar-refractivity contribution in [2.24, 2.45) is 0 Å². The van der Waals surface area contributed by atoms with Crippen LogP contribution in [0.4, 0.5) is 4.79 Å². The van der Waals surface area contributed by atoms with Gasteiger partial charge in [0.05, 0.1) is 6.04 Å². The number of hydrogen-bond donors (Lipinski definition) is 1. The van der Waals surface area contributed by atoms with Gasteiger partial charge in [0.1, 0.15) is 6.54 Å². The molecule has 1 aliphatic heterocycles. The predicted molar refractivity (Wildman–Crippen MR) is 109 cm³/mol. The standard InChI is InChI=1S/C23H23N3O4/c27-19(15-25-21(28)22(29)26(23(25)30)18-13-7-8-14-18)24-20(16-9-3-1-4-10-16)17-11-5-2-6-12-17/h1-6,9-12,18,20H,7-8,13-15H2,(H,24,27). The summed E-state index contributed by atoms with van der Waals surface area (Å²) in [6.07, 6.45) is 3.25. The molecular formula is C23H23N3O4. The van der Waals surface area contributed by atoms with Crippen molar-refractivity contribution >= 4 is 23.8 Å². The van der Waals surface area contributed by atoms with Crippen LogP contribution < -0.4 is 5.32 Å². The number of amides is 5. The fraction of sp³-hybridized carbons (Fsp3) is 0.304. The molecule has 1 heterocycles. The van der Waals surface area contributed by atoms with Crippen molar-refractivity contribution in [3.63, 3.8) is 0 Å². The van der Waals surface area contributed by atoms with Crippen molar-refractivity contribution in [3.05, 3.63) is 71.8 Å². The number of rotatable bonds is 6. The van der Waals surface area contributed by atoms with Gasteiger partial charge in [0.25, 0.3) is 0 Å². The topological polar surface area (TPSA) is 86.8 Å². The lowest BCUT2D eigenvalue weighted by Gasteiger charge is -2.23. The minimum Gasteiger partial charge on any atom is -0.344 e. The predicted octanol–water partition coefficient (Wildman–Crippen LogP) is 2.63. The zero-order chi connectivity index (χ0) is 21.1. The average molecular weight is 405 g/mol. The van der Waals surface area contributed by atoms with E-state index >= 15 is 0 Å². The molecule has 7 heteroatoms. The summed E-state index contributed by atoms with van der Waals surface area (Å²) in [6, 6.07) is 17.5. The maximum atomic E-state index is 12.8. The average Bonchev–Trinajstić information content (AvgIpc) is 3.36. The zero-order valence-corrected chi connectivity index (χ0v) is 16.5. The summed E-state index contributed by atoms with van der Waals surface area (Å²) in [5.74, 6) is -2.27. The highest BCUT2D eigenvalue weighted by Gasteiger charge is 2.48. The summed E-state index contributed by atoms with van der Waals surface area (Å²) in [4.78, 5) is 52.0. The van der Waals surface area contributed by atoms with Crippen molar-refractivity contribution in [1.29, 1.82) is 0 Å². The van der Waals surface area contributed by atoms with Crippen LogP contribution in [0.2, 0.25) is 0 Å². The Kier molecular flexibility index (Phi) is 5.61. The van der Waals surface area contributed by atoms with Gasteiger partial charge in [0, 0.05) is 6.04 Å². The molecule has 4 rings (SSSR count). The lowest BCUT2D eigenvalue weighted by molar-refractivity contribution is -0.144. The summed E-state index contributed by atoms with van der Waals surface area (Å²) < 4.78 is 0. The highest BCUT2D eigenvalue weighted by Crippen LogP contribution is 2.28. The van der Waals surface area contributed by atoms with E-state index in [1.807, 2.05) is 60.7 Å². The molecule has 0 spiro atoms. The van der Waals surface area contributed by atoms with Gasteiger partial charge in [-0.2, -0.15) is 0 Å². The first-order valence-electron chi connectivity index (χ1n) is 10.1. The molecule has 1 N–H and O–H groups in total. The summed E-state index contributed by atoms with van der Waals surface area (Å²) in [5, 5.41) is 2.90. The second-order valence-electron chi connectivity index (χ2n) is 7.61. The largest absolute Gasteiger partial charge is 0.344 e. The number of nitrogens with one attached hydrogen (secondary N) is 1. The monoisotopic (exact) mass is 405 g/mol. The smallest absolute Gasteiger partial charge is 0.334 e. The van der Waals surface area contributed by atoms with Gasteiger partial charge in [-0.15, -0.1) is 0 Å². The van der Waals surface area contributed by atoms with Crippen molar-refractivity contribution in [3.8, 4) is 0 Å². The molecule has 1 saturated carbocycles. The normalized spacial score (nSPS) is 17.3. The van der Waals surface area contributed by atoms with Crippen LogP contribution in [0.25, 0.3) is 0 Å². The van der Waals surface area contributed by atoms with Crippen LogP contribution in [-0.2, 0) is 14.4 Å². The maximum absolute atomic E-state index is 12.8. The fourth-order valence-electron chi connectivity index (χ4n) is 4.15. The lowest BCUT2D eigenvalue weighted by atomic mass is 9.99. The Hall–Kier alpha value is -3.48. The van der Waals surface area contributed by atoms with E-state index in [4.69, 9.17) is 0 Å². The van der Waals surface area contributed by atoms with Crippen LogP contribution in [0, 0.1) is 0 Å². The molecule has 0 aromatic heterocycles. The van der Waals surface area contributed by atoms with E-state index in [0.29, 0.717) is 12.8 Å². The molecule has 2 fully saturated rings. The van der Waals surface area contributed by atoms with Crippen LogP contribution in [-0.4, -0.2) is 46.1 Å². The van der Waals surface area contributed by atoms with E-state index < -0.39 is 36.3 Å². The summed E-state index contributed by atoms with van der Waals surface area (Å²) >= 11 is 0. The first kappa shape index (κ1) is 19.8. The SMILES string of the molecule is O=C(CN1C(=O)C(=O)N(C2CCCC2)C1=O)NC(c1ccccc1)c1ccccc1. The molecule has 30 heavy (non-hydrogen) atoms. The van der Waals surface area contributed by atoms with Crippen LogP contribution in [0.15, 0.2) is 60.7 Å². The molecule has 2 aliphatic rings. The van der Waals surface area contributed by atoms with Gasteiger partial charge in [0.15, 0.2) is 0 Å². The third-order valence-electron chi connectivity index (χ3n) is 5.65. The van der Waals surface area contributed by atoms with Crippen molar-refractivity contribution in [2.45, 2.75) is 37.8 Å². The third kappa shape index (κ3) is 3.83. The number of urea groups is 1. The van der Waals surface area contributed by atoms with E-state index in [0.717, 1.165) is 33.8 Å². The van der Waals surface area contributed by atoms with Crippen molar-refractivity contribution in [1.82, 2.24) is 15.1 Å². The van der Waals surface area contributed by atoms with Crippen molar-refractivity contribution in [2.75, 3.05) is 6.54 Å². The third-order valence-corrected chi connectivity index (χ3v) is 5.65. The van der Waals surface area contributed by atoms with Gasteiger partial charge in [0.2, 0.25) is 5.91 Å². The van der Waals surface area contributed by atoms with Crippen LogP contribution in [0.3, 0.4) is 0 Å². The first-order valence-corrected chi connectivity index (χ1v) is 10.1. The Morgan fingerprint density at radius 3 is 1.93 bits per heavy atom. The van der Waals surface area contributed by atoms with E-state index in [1.54, 1.807) is 0 Å². The van der Waals surface area contributed by atoms with Crippen LogP contribution in [0.5, 0.6) is 0 Å². The minimum absolute atomic E-state index is 0.247. The molecule has 7 nitrogen and oxygen atoms in total. The Morgan fingerprint density at radius 1 is 0.867 bits per heavy atom. The number of benzene rings is 2. The van der Waals surface area contributed by atoms with Crippen molar-refractivity contribution < 1.29 is 19.2 Å². The van der Waals surface area contributed by atoms with Gasteiger partial charge < -0.3 is 5.32 Å². The second-order valence-corrected chi connectivity index (χ2v) is 7.61. The molecule has 0 radical (unpaired) electrons. The van der Waals surface area contributed by atoms with Gasteiger partial charge in [-0.1, -0.05) is 73.5 Å². The molecule has 5 amide bonds. The Labute approximate surface area is 174 Å². The Morgan fingerprint density at radius 2 is 1.40 bits per heavy atom. The molecule has 2 aromatic carbocycles. The molecule has 154 valence electrons. The molecular weight excluding hydrogens is 382 g/mol. The van der Waals surface area contributed by atoms with E-state index in [1.165, 1.54) is 0 Å². The number of carbonyl (C=O) groups is 4. The number of hydrogen-bond acceptors (Lipinski definition) is 4. The highest BCUT2D eigenvalue weighted by molar-refractivity contribution is 6.45. The molecule has 2 aromatic rings. The van der Waals surface area contributed by atoms with Gasteiger partial charge in [-0.05, 0) is 24.0 Å². The Balaban J connectivity index is 1.50. The van der Waals surface area contributed by atoms with Gasteiger partial charge >= 0.3 is 17.8 Å². The summed E-state index contributed by atoms with van der Waals surface area (Å²) in [5.41, 5.74) is 1.75. The fourth-order valence-corrected chi connectivity index (χ4v) is 4.15. The molecule has 0 unspecified atom stereocenters. The minimum atomic E-state index is -0.932. The molecule has 0 atom stereocenters. The number of imide groups is 2. The van der Waals surface area contributed by atoms with Gasteiger partial charge in [-0.25, -0.2) is 9.69 Å². The zero-order valence-electron chi connectivity index (χ0n) is 16.5.